The molecule has 1 heterocycles. The predicted molar refractivity (Wildman–Crippen MR) is 114 cm³/mol. The van der Waals surface area contributed by atoms with E-state index < -0.39 is 0 Å². The number of rotatable bonds is 3. The fraction of sp³-hybridized carbons (Fsp3) is 0.200. The highest BCUT2D eigenvalue weighted by molar-refractivity contribution is 5.93. The summed E-state index contributed by atoms with van der Waals surface area (Å²) in [5, 5.41) is 3.02. The lowest BCUT2D eigenvalue weighted by atomic mass is 9.80. The Balaban J connectivity index is 1.77. The molecule has 0 radical (unpaired) electrons. The summed E-state index contributed by atoms with van der Waals surface area (Å²) < 4.78 is 0. The number of likely N-dealkylation sites (tertiary alicyclic amines) is 1. The van der Waals surface area contributed by atoms with Crippen molar-refractivity contribution < 1.29 is 9.59 Å². The average molecular weight is 384 g/mol. The maximum absolute atomic E-state index is 13.5. The standard InChI is InChI=1S/C25H24N2O2/c1-18-23(28)17-22(19-11-5-2-6-12-19)27(24(18)20-13-7-3-8-14-20)25(29)26-21-15-9-4-10-16-21/h2-16,18,22,24H,17H2,1H3,(H,26,29)/t18-,22+,24+/m1/s1. The summed E-state index contributed by atoms with van der Waals surface area (Å²) in [7, 11) is 0. The second-order valence-electron chi connectivity index (χ2n) is 7.44. The van der Waals surface area contributed by atoms with Gasteiger partial charge in [-0.15, -0.1) is 0 Å². The minimum absolute atomic E-state index is 0.177. The van der Waals surface area contributed by atoms with Gasteiger partial charge in [0.2, 0.25) is 0 Å². The van der Waals surface area contributed by atoms with Gasteiger partial charge in [0.25, 0.3) is 0 Å². The molecule has 4 heteroatoms. The summed E-state index contributed by atoms with van der Waals surface area (Å²) in [5.41, 5.74) is 2.68. The normalized spacial score (nSPS) is 21.6. The zero-order valence-electron chi connectivity index (χ0n) is 16.4. The number of anilines is 1. The molecule has 3 aromatic carbocycles. The van der Waals surface area contributed by atoms with Gasteiger partial charge in [-0.3, -0.25) is 4.79 Å². The topological polar surface area (TPSA) is 49.4 Å². The van der Waals surface area contributed by atoms with Crippen molar-refractivity contribution in [2.24, 2.45) is 5.92 Å². The van der Waals surface area contributed by atoms with Crippen LogP contribution in [0, 0.1) is 5.92 Å². The molecule has 1 aliphatic heterocycles. The minimum atomic E-state index is -0.327. The zero-order valence-corrected chi connectivity index (χ0v) is 16.4. The van der Waals surface area contributed by atoms with Crippen molar-refractivity contribution in [1.29, 1.82) is 0 Å². The maximum Gasteiger partial charge on any atom is 0.322 e. The summed E-state index contributed by atoms with van der Waals surface area (Å²) in [6, 6.07) is 28.2. The van der Waals surface area contributed by atoms with Gasteiger partial charge in [-0.05, 0) is 23.3 Å². The SMILES string of the molecule is C[C@@H]1C(=O)C[C@@H](c2ccccc2)N(C(=O)Nc2ccccc2)[C@@H]1c1ccccc1. The number of urea groups is 1. The van der Waals surface area contributed by atoms with E-state index in [1.807, 2.05) is 103 Å². The van der Waals surface area contributed by atoms with Crippen molar-refractivity contribution in [3.05, 3.63) is 102 Å². The fourth-order valence-electron chi connectivity index (χ4n) is 4.12. The molecule has 3 atom stereocenters. The fourth-order valence-corrected chi connectivity index (χ4v) is 4.12. The first-order valence-corrected chi connectivity index (χ1v) is 9.92. The third kappa shape index (κ3) is 3.92. The molecule has 0 spiro atoms. The molecule has 0 saturated carbocycles. The van der Waals surface area contributed by atoms with E-state index in [9.17, 15) is 9.59 Å². The van der Waals surface area contributed by atoms with Crippen molar-refractivity contribution in [3.63, 3.8) is 0 Å². The Bertz CT molecular complexity index is 973. The molecule has 1 aliphatic rings. The van der Waals surface area contributed by atoms with Crippen LogP contribution in [-0.4, -0.2) is 16.7 Å². The van der Waals surface area contributed by atoms with Crippen molar-refractivity contribution in [1.82, 2.24) is 4.90 Å². The van der Waals surface area contributed by atoms with E-state index in [2.05, 4.69) is 5.32 Å². The molecule has 0 aromatic heterocycles. The Kier molecular flexibility index (Phi) is 5.43. The van der Waals surface area contributed by atoms with E-state index >= 15 is 0 Å². The molecule has 1 saturated heterocycles. The second kappa shape index (κ2) is 8.31. The van der Waals surface area contributed by atoms with Gasteiger partial charge in [-0.1, -0.05) is 85.8 Å². The van der Waals surface area contributed by atoms with Gasteiger partial charge in [0, 0.05) is 18.0 Å². The number of piperidine rings is 1. The van der Waals surface area contributed by atoms with Crippen LogP contribution in [0.2, 0.25) is 0 Å². The maximum atomic E-state index is 13.5. The van der Waals surface area contributed by atoms with Gasteiger partial charge >= 0.3 is 6.03 Å². The van der Waals surface area contributed by atoms with Crippen molar-refractivity contribution in [2.75, 3.05) is 5.32 Å². The van der Waals surface area contributed by atoms with E-state index in [1.165, 1.54) is 0 Å². The summed E-state index contributed by atoms with van der Waals surface area (Å²) in [6.45, 7) is 1.92. The Morgan fingerprint density at radius 3 is 1.93 bits per heavy atom. The third-order valence-corrected chi connectivity index (χ3v) is 5.60. The van der Waals surface area contributed by atoms with E-state index in [0.717, 1.165) is 16.8 Å². The molecule has 4 rings (SSSR count). The predicted octanol–water partition coefficient (Wildman–Crippen LogP) is 5.61. The first kappa shape index (κ1) is 18.9. The van der Waals surface area contributed by atoms with Crippen LogP contribution >= 0.6 is 0 Å². The van der Waals surface area contributed by atoms with E-state index in [4.69, 9.17) is 0 Å². The number of nitrogens with one attached hydrogen (secondary N) is 1. The number of hydrogen-bond acceptors (Lipinski definition) is 2. The number of carbonyl (C=O) groups excluding carboxylic acids is 2. The molecule has 29 heavy (non-hydrogen) atoms. The van der Waals surface area contributed by atoms with Gasteiger partial charge in [0.05, 0.1) is 12.1 Å². The lowest BCUT2D eigenvalue weighted by Gasteiger charge is -2.45. The molecule has 0 aliphatic carbocycles. The lowest BCUT2D eigenvalue weighted by molar-refractivity contribution is -0.129. The van der Waals surface area contributed by atoms with Crippen molar-refractivity contribution in [2.45, 2.75) is 25.4 Å². The van der Waals surface area contributed by atoms with Gasteiger partial charge in [0.1, 0.15) is 5.78 Å². The number of Topliss-reactive ketones (excluding diaryl/α,β-unsaturated/α-hetero) is 1. The van der Waals surface area contributed by atoms with Crippen LogP contribution in [0.5, 0.6) is 0 Å². The number of nitrogens with zero attached hydrogens (tertiary/aromatic N) is 1. The number of ketones is 1. The van der Waals surface area contributed by atoms with Crippen LogP contribution in [0.3, 0.4) is 0 Å². The van der Waals surface area contributed by atoms with Crippen LogP contribution in [0.25, 0.3) is 0 Å². The first-order valence-electron chi connectivity index (χ1n) is 9.92. The Morgan fingerprint density at radius 2 is 1.34 bits per heavy atom. The monoisotopic (exact) mass is 384 g/mol. The van der Waals surface area contributed by atoms with Gasteiger partial charge in [-0.25, -0.2) is 4.79 Å². The second-order valence-corrected chi connectivity index (χ2v) is 7.44. The molecule has 0 bridgehead atoms. The molecule has 1 fully saturated rings. The highest BCUT2D eigenvalue weighted by atomic mass is 16.2. The summed E-state index contributed by atoms with van der Waals surface area (Å²) in [4.78, 5) is 28.3. The van der Waals surface area contributed by atoms with Crippen molar-refractivity contribution >= 4 is 17.5 Å². The van der Waals surface area contributed by atoms with Crippen LogP contribution in [0.4, 0.5) is 10.5 Å². The van der Waals surface area contributed by atoms with Gasteiger partial charge in [0.15, 0.2) is 0 Å². The van der Waals surface area contributed by atoms with Crippen LogP contribution in [0.1, 0.15) is 36.6 Å². The summed E-state index contributed by atoms with van der Waals surface area (Å²) in [6.07, 6.45) is 0.316. The largest absolute Gasteiger partial charge is 0.322 e. The molecule has 2 amide bonds. The number of amides is 2. The number of para-hydroxylation sites is 1. The van der Waals surface area contributed by atoms with E-state index in [1.54, 1.807) is 0 Å². The molecular weight excluding hydrogens is 360 g/mol. The molecule has 0 unspecified atom stereocenters. The van der Waals surface area contributed by atoms with Crippen LogP contribution in [0.15, 0.2) is 91.0 Å². The Hall–Kier alpha value is -3.40. The van der Waals surface area contributed by atoms with E-state index in [-0.39, 0.29) is 29.8 Å². The first-order chi connectivity index (χ1) is 14.1. The van der Waals surface area contributed by atoms with Crippen LogP contribution < -0.4 is 5.32 Å². The van der Waals surface area contributed by atoms with Crippen LogP contribution in [-0.2, 0) is 4.79 Å². The quantitative estimate of drug-likeness (QED) is 0.638. The molecule has 1 N–H and O–H groups in total. The molecule has 3 aromatic rings. The number of carbonyl (C=O) groups is 2. The smallest absolute Gasteiger partial charge is 0.309 e. The number of hydrogen-bond donors (Lipinski definition) is 1. The van der Waals surface area contributed by atoms with Gasteiger partial charge < -0.3 is 10.2 Å². The number of benzene rings is 3. The average Bonchev–Trinajstić information content (AvgIpc) is 2.77. The van der Waals surface area contributed by atoms with Crippen molar-refractivity contribution in [3.8, 4) is 0 Å². The summed E-state index contributed by atoms with van der Waals surface area (Å²) >= 11 is 0. The zero-order chi connectivity index (χ0) is 20.2. The summed E-state index contributed by atoms with van der Waals surface area (Å²) in [5.74, 6) is -0.102. The Morgan fingerprint density at radius 1 is 0.828 bits per heavy atom. The highest BCUT2D eigenvalue weighted by Crippen LogP contribution is 2.43. The lowest BCUT2D eigenvalue weighted by Crippen LogP contribution is -2.49. The molecular formula is C25H24N2O2. The third-order valence-electron chi connectivity index (χ3n) is 5.60. The highest BCUT2D eigenvalue weighted by Gasteiger charge is 2.43. The van der Waals surface area contributed by atoms with Gasteiger partial charge in [-0.2, -0.15) is 0 Å². The van der Waals surface area contributed by atoms with E-state index in [0.29, 0.717) is 6.42 Å². The molecule has 146 valence electrons. The Labute approximate surface area is 171 Å². The minimum Gasteiger partial charge on any atom is -0.309 e. The molecule has 4 nitrogen and oxygen atoms in total.